The molecule has 1 aliphatic heterocycles. The van der Waals surface area contributed by atoms with Gasteiger partial charge < -0.3 is 4.74 Å². The molecule has 0 fully saturated rings. The van der Waals surface area contributed by atoms with Gasteiger partial charge in [-0.15, -0.1) is 0 Å². The van der Waals surface area contributed by atoms with Crippen LogP contribution in [0.25, 0.3) is 27.7 Å². The number of pyridine rings is 1. The van der Waals surface area contributed by atoms with E-state index >= 15 is 0 Å². The molecular formula is C28H38N4O. The first-order chi connectivity index (χ1) is 14.6. The molecule has 0 unspecified atom stereocenters. The molecule has 0 atom stereocenters. The summed E-state index contributed by atoms with van der Waals surface area (Å²) in [7, 11) is 0. The van der Waals surface area contributed by atoms with Crippen LogP contribution in [0.5, 0.6) is 5.75 Å². The summed E-state index contributed by atoms with van der Waals surface area (Å²) in [6.07, 6.45) is 0. The molecule has 5 nitrogen and oxygen atoms in total. The Bertz CT molecular complexity index is 1410. The molecule has 0 saturated heterocycles. The van der Waals surface area contributed by atoms with Crippen LogP contribution in [0, 0.1) is 0 Å². The van der Waals surface area contributed by atoms with Crippen molar-refractivity contribution < 1.29 is 4.74 Å². The molecule has 176 valence electrons. The second-order valence-corrected chi connectivity index (χ2v) is 12.3. The third-order valence-electron chi connectivity index (χ3n) is 7.28. The maximum Gasteiger partial charge on any atom is 0.165 e. The lowest BCUT2D eigenvalue weighted by Crippen LogP contribution is -2.41. The molecule has 5 heteroatoms. The fraction of sp³-hybridized carbons (Fsp3) is 0.536. The van der Waals surface area contributed by atoms with Gasteiger partial charge in [0.2, 0.25) is 0 Å². The minimum absolute atomic E-state index is 0. The summed E-state index contributed by atoms with van der Waals surface area (Å²) in [5, 5.41) is 0.975. The van der Waals surface area contributed by atoms with Crippen molar-refractivity contribution in [2.75, 3.05) is 0 Å². The lowest BCUT2D eigenvalue weighted by Gasteiger charge is -2.33. The zero-order chi connectivity index (χ0) is 23.4. The molecule has 0 bridgehead atoms. The van der Waals surface area contributed by atoms with Crippen LogP contribution in [0.3, 0.4) is 0 Å². The van der Waals surface area contributed by atoms with E-state index in [4.69, 9.17) is 19.7 Å². The zero-order valence-corrected chi connectivity index (χ0v) is 21.0. The van der Waals surface area contributed by atoms with Crippen molar-refractivity contribution >= 4 is 27.7 Å². The van der Waals surface area contributed by atoms with Gasteiger partial charge in [0.15, 0.2) is 11.3 Å². The highest BCUT2D eigenvalue weighted by Gasteiger charge is 2.48. The summed E-state index contributed by atoms with van der Waals surface area (Å²) in [5.41, 5.74) is 5.31. The molecule has 0 amide bonds. The summed E-state index contributed by atoms with van der Waals surface area (Å²) in [6.45, 7) is 21.9. The van der Waals surface area contributed by atoms with Crippen LogP contribution in [0.2, 0.25) is 0 Å². The van der Waals surface area contributed by atoms with Crippen LogP contribution >= 0.6 is 0 Å². The Morgan fingerprint density at radius 3 is 2.12 bits per heavy atom. The fourth-order valence-electron chi connectivity index (χ4n) is 4.58. The largest absolute Gasteiger partial charge is 0.487 e. The highest BCUT2D eigenvalue weighted by atomic mass is 16.5. The number of benzene rings is 1. The Hall–Kier alpha value is -2.69. The van der Waals surface area contributed by atoms with Gasteiger partial charge in [0.1, 0.15) is 17.2 Å². The lowest BCUT2D eigenvalue weighted by atomic mass is 9.74. The van der Waals surface area contributed by atoms with Gasteiger partial charge >= 0.3 is 0 Å². The number of nitrogens with zero attached hydrogens (tertiary/aromatic N) is 4. The summed E-state index contributed by atoms with van der Waals surface area (Å²) in [4.78, 5) is 15.2. The minimum atomic E-state index is -0.278. The number of hydrogen-bond acceptors (Lipinski definition) is 4. The van der Waals surface area contributed by atoms with Gasteiger partial charge in [-0.2, -0.15) is 0 Å². The van der Waals surface area contributed by atoms with Crippen molar-refractivity contribution in [1.82, 2.24) is 19.4 Å². The van der Waals surface area contributed by atoms with Gasteiger partial charge in [-0.25, -0.2) is 15.0 Å². The SMILES string of the molecule is C.CC(C)(C)c1ccc2c(n1)nc(C(C)(C)C)n1c3cc4c(cc3nc21)C(C)(C)C(C)(C)O4. The maximum absolute atomic E-state index is 6.43. The predicted molar refractivity (Wildman–Crippen MR) is 138 cm³/mol. The summed E-state index contributed by atoms with van der Waals surface area (Å²) in [6, 6.07) is 8.60. The smallest absolute Gasteiger partial charge is 0.165 e. The van der Waals surface area contributed by atoms with Crippen LogP contribution in [0.15, 0.2) is 24.3 Å². The third-order valence-corrected chi connectivity index (χ3v) is 7.28. The van der Waals surface area contributed by atoms with E-state index in [1.165, 1.54) is 5.56 Å². The molecule has 1 aliphatic rings. The summed E-state index contributed by atoms with van der Waals surface area (Å²) >= 11 is 0. The van der Waals surface area contributed by atoms with E-state index in [9.17, 15) is 0 Å². The Balaban J connectivity index is 0.00000259. The van der Waals surface area contributed by atoms with Crippen LogP contribution in [-0.4, -0.2) is 25.0 Å². The second kappa shape index (κ2) is 6.68. The molecule has 3 aromatic heterocycles. The molecule has 0 spiro atoms. The van der Waals surface area contributed by atoms with E-state index in [-0.39, 0.29) is 29.3 Å². The molecular weight excluding hydrogens is 408 g/mol. The van der Waals surface area contributed by atoms with Gasteiger partial charge in [0.05, 0.1) is 16.4 Å². The van der Waals surface area contributed by atoms with Crippen LogP contribution < -0.4 is 4.74 Å². The summed E-state index contributed by atoms with van der Waals surface area (Å²) < 4.78 is 8.63. The first-order valence-corrected chi connectivity index (χ1v) is 11.5. The van der Waals surface area contributed by atoms with Gasteiger partial charge in [0.25, 0.3) is 0 Å². The number of imidazole rings is 1. The van der Waals surface area contributed by atoms with E-state index in [2.05, 4.69) is 97.9 Å². The van der Waals surface area contributed by atoms with Gasteiger partial charge in [-0.1, -0.05) is 62.8 Å². The van der Waals surface area contributed by atoms with Gasteiger partial charge in [-0.3, -0.25) is 4.40 Å². The fourth-order valence-corrected chi connectivity index (χ4v) is 4.58. The molecule has 4 heterocycles. The Morgan fingerprint density at radius 1 is 0.848 bits per heavy atom. The topological polar surface area (TPSA) is 52.3 Å². The number of rotatable bonds is 0. The van der Waals surface area contributed by atoms with E-state index in [1.54, 1.807) is 0 Å². The van der Waals surface area contributed by atoms with Crippen molar-refractivity contribution in [2.45, 2.75) is 98.5 Å². The molecule has 1 aromatic carbocycles. The second-order valence-electron chi connectivity index (χ2n) is 12.3. The van der Waals surface area contributed by atoms with Crippen molar-refractivity contribution in [3.8, 4) is 5.75 Å². The average Bonchev–Trinajstić information content (AvgIpc) is 3.10. The number of ether oxygens (including phenoxy) is 1. The van der Waals surface area contributed by atoms with Crippen LogP contribution in [-0.2, 0) is 16.2 Å². The highest BCUT2D eigenvalue weighted by molar-refractivity contribution is 5.96. The number of aromatic nitrogens is 4. The quantitative estimate of drug-likeness (QED) is 0.289. The zero-order valence-electron chi connectivity index (χ0n) is 21.0. The van der Waals surface area contributed by atoms with Crippen molar-refractivity contribution in [1.29, 1.82) is 0 Å². The molecule has 0 N–H and O–H groups in total. The van der Waals surface area contributed by atoms with Crippen LogP contribution in [0.1, 0.15) is 93.7 Å². The molecule has 0 radical (unpaired) electrons. The predicted octanol–water partition coefficient (Wildman–Crippen LogP) is 7.11. The van der Waals surface area contributed by atoms with Gasteiger partial charge in [0, 0.05) is 33.6 Å². The minimum Gasteiger partial charge on any atom is -0.487 e. The van der Waals surface area contributed by atoms with Crippen molar-refractivity contribution in [3.63, 3.8) is 0 Å². The third kappa shape index (κ3) is 3.23. The highest BCUT2D eigenvalue weighted by Crippen LogP contribution is 2.50. The van der Waals surface area contributed by atoms with Crippen molar-refractivity contribution in [2.24, 2.45) is 0 Å². The average molecular weight is 447 g/mol. The van der Waals surface area contributed by atoms with Gasteiger partial charge in [-0.05, 0) is 32.0 Å². The van der Waals surface area contributed by atoms with E-state index in [1.807, 2.05) is 0 Å². The Kier molecular flexibility index (Phi) is 4.75. The number of hydrogen-bond donors (Lipinski definition) is 0. The van der Waals surface area contributed by atoms with E-state index < -0.39 is 0 Å². The molecule has 33 heavy (non-hydrogen) atoms. The standard InChI is InChI=1S/C27H34N4O.CH4/c1-24(2,3)20-12-11-15-21(29-20)30-23(25(4,5)6)31-18-14-19-16(13-17(18)28-22(15)31)26(7,8)27(9,10)32-19;/h11-14H,1-10H3;1H4. The molecule has 0 saturated carbocycles. The Labute approximate surface area is 197 Å². The lowest BCUT2D eigenvalue weighted by molar-refractivity contribution is 0.0713. The first-order valence-electron chi connectivity index (χ1n) is 11.5. The van der Waals surface area contributed by atoms with Crippen molar-refractivity contribution in [3.05, 3.63) is 41.3 Å². The molecule has 0 aliphatic carbocycles. The molecule has 4 aromatic rings. The van der Waals surface area contributed by atoms with E-state index in [0.717, 1.165) is 45.0 Å². The molecule has 5 rings (SSSR count). The maximum atomic E-state index is 6.43. The summed E-state index contributed by atoms with van der Waals surface area (Å²) in [5.74, 6) is 1.90. The first kappa shape index (κ1) is 23.5. The number of fused-ring (bicyclic) bond motifs is 6. The van der Waals surface area contributed by atoms with Crippen LogP contribution in [0.4, 0.5) is 0 Å². The van der Waals surface area contributed by atoms with E-state index in [0.29, 0.717) is 0 Å². The Morgan fingerprint density at radius 2 is 1.52 bits per heavy atom. The normalized spacial score (nSPS) is 17.3. The monoisotopic (exact) mass is 446 g/mol.